The molecule has 0 saturated carbocycles. The smallest absolute Gasteiger partial charge is 0.407 e. The number of ether oxygens (including phenoxy) is 1. The Hall–Kier alpha value is -0.770. The van der Waals surface area contributed by atoms with Crippen molar-refractivity contribution < 1.29 is 14.6 Å². The van der Waals surface area contributed by atoms with E-state index < -0.39 is 6.09 Å². The predicted molar refractivity (Wildman–Crippen MR) is 37.5 cm³/mol. The van der Waals surface area contributed by atoms with E-state index in [0.717, 1.165) is 19.4 Å². The van der Waals surface area contributed by atoms with Crippen LogP contribution in [0.25, 0.3) is 0 Å². The Morgan fingerprint density at radius 2 is 2.36 bits per heavy atom. The maximum atomic E-state index is 10.6. The van der Waals surface area contributed by atoms with Gasteiger partial charge in [0.15, 0.2) is 0 Å². The third kappa shape index (κ3) is 1.18. The molecule has 0 aromatic heterocycles. The lowest BCUT2D eigenvalue weighted by molar-refractivity contribution is 0.132. The van der Waals surface area contributed by atoms with E-state index in [1.165, 1.54) is 4.90 Å². The van der Waals surface area contributed by atoms with Gasteiger partial charge in [-0.25, -0.2) is 4.79 Å². The minimum Gasteiger partial charge on any atom is -0.465 e. The summed E-state index contributed by atoms with van der Waals surface area (Å²) in [6.45, 7) is 1.42. The van der Waals surface area contributed by atoms with Gasteiger partial charge in [0, 0.05) is 6.54 Å². The summed E-state index contributed by atoms with van der Waals surface area (Å²) >= 11 is 0. The Kier molecular flexibility index (Phi) is 1.49. The van der Waals surface area contributed by atoms with Crippen LogP contribution in [0.15, 0.2) is 0 Å². The zero-order chi connectivity index (χ0) is 7.84. The van der Waals surface area contributed by atoms with Crippen LogP contribution in [0.5, 0.6) is 0 Å². The molecule has 2 fully saturated rings. The summed E-state index contributed by atoms with van der Waals surface area (Å²) < 4.78 is 5.07. The molecule has 2 saturated heterocycles. The third-order valence-corrected chi connectivity index (χ3v) is 2.33. The minimum atomic E-state index is -0.803. The van der Waals surface area contributed by atoms with Crippen LogP contribution < -0.4 is 0 Å². The monoisotopic (exact) mass is 157 g/mol. The first kappa shape index (κ1) is 6.91. The minimum absolute atomic E-state index is 0.146. The van der Waals surface area contributed by atoms with Gasteiger partial charge in [-0.1, -0.05) is 0 Å². The SMILES string of the molecule is O=C(O)N1CCCC1C1CO1. The molecule has 4 heteroatoms. The molecule has 1 amide bonds. The van der Waals surface area contributed by atoms with E-state index in [1.54, 1.807) is 0 Å². The van der Waals surface area contributed by atoms with E-state index in [4.69, 9.17) is 9.84 Å². The summed E-state index contributed by atoms with van der Waals surface area (Å²) in [5, 5.41) is 8.73. The van der Waals surface area contributed by atoms with E-state index in [9.17, 15) is 4.79 Å². The number of carbonyl (C=O) groups is 1. The molecule has 4 nitrogen and oxygen atoms in total. The van der Waals surface area contributed by atoms with Gasteiger partial charge in [-0.2, -0.15) is 0 Å². The second-order valence-electron chi connectivity index (χ2n) is 3.06. The zero-order valence-electron chi connectivity index (χ0n) is 6.19. The lowest BCUT2D eigenvalue weighted by Crippen LogP contribution is -2.37. The molecule has 0 aromatic rings. The highest BCUT2D eigenvalue weighted by molar-refractivity contribution is 5.66. The van der Waals surface area contributed by atoms with Gasteiger partial charge in [0.05, 0.1) is 12.6 Å². The molecule has 2 unspecified atom stereocenters. The topological polar surface area (TPSA) is 53.1 Å². The third-order valence-electron chi connectivity index (χ3n) is 2.33. The molecular formula is C7H11NO3. The van der Waals surface area contributed by atoms with Crippen molar-refractivity contribution in [1.29, 1.82) is 0 Å². The number of hydrogen-bond donors (Lipinski definition) is 1. The average Bonchev–Trinajstić information content (AvgIpc) is 2.68. The summed E-state index contributed by atoms with van der Waals surface area (Å²) in [7, 11) is 0. The van der Waals surface area contributed by atoms with Crippen LogP contribution in [0.2, 0.25) is 0 Å². The van der Waals surface area contributed by atoms with Gasteiger partial charge < -0.3 is 14.7 Å². The van der Waals surface area contributed by atoms with Gasteiger partial charge >= 0.3 is 6.09 Å². The number of hydrogen-bond acceptors (Lipinski definition) is 2. The highest BCUT2D eigenvalue weighted by atomic mass is 16.6. The number of rotatable bonds is 1. The molecule has 0 aromatic carbocycles. The summed E-state index contributed by atoms with van der Waals surface area (Å²) in [5.74, 6) is 0. The van der Waals surface area contributed by atoms with Gasteiger partial charge in [-0.15, -0.1) is 0 Å². The first-order valence-corrected chi connectivity index (χ1v) is 3.90. The Labute approximate surface area is 64.7 Å². The van der Waals surface area contributed by atoms with E-state index in [1.807, 2.05) is 0 Å². The molecule has 0 radical (unpaired) electrons. The van der Waals surface area contributed by atoms with Crippen molar-refractivity contribution in [3.8, 4) is 0 Å². The van der Waals surface area contributed by atoms with Gasteiger partial charge in [0.25, 0.3) is 0 Å². The largest absolute Gasteiger partial charge is 0.465 e. The maximum absolute atomic E-state index is 10.6. The van der Waals surface area contributed by atoms with E-state index in [0.29, 0.717) is 6.54 Å². The van der Waals surface area contributed by atoms with Crippen LogP contribution in [-0.2, 0) is 4.74 Å². The van der Waals surface area contributed by atoms with Crippen LogP contribution >= 0.6 is 0 Å². The standard InChI is InChI=1S/C7H11NO3/c9-7(10)8-3-1-2-5(8)6-4-11-6/h5-6H,1-4H2,(H,9,10). The van der Waals surface area contributed by atoms with Crippen molar-refractivity contribution in [2.24, 2.45) is 0 Å². The molecule has 0 spiro atoms. The highest BCUT2D eigenvalue weighted by Gasteiger charge is 2.41. The zero-order valence-corrected chi connectivity index (χ0v) is 6.19. The van der Waals surface area contributed by atoms with Crippen LogP contribution in [0, 0.1) is 0 Å². The van der Waals surface area contributed by atoms with Crippen LogP contribution in [-0.4, -0.2) is 41.4 Å². The summed E-state index contributed by atoms with van der Waals surface area (Å²) in [6, 6.07) is 0.146. The second-order valence-corrected chi connectivity index (χ2v) is 3.06. The number of nitrogens with zero attached hydrogens (tertiary/aromatic N) is 1. The molecule has 11 heavy (non-hydrogen) atoms. The molecule has 2 heterocycles. The fourth-order valence-electron chi connectivity index (χ4n) is 1.69. The highest BCUT2D eigenvalue weighted by Crippen LogP contribution is 2.27. The summed E-state index contributed by atoms with van der Waals surface area (Å²) in [5.41, 5.74) is 0. The van der Waals surface area contributed by atoms with Crippen molar-refractivity contribution in [3.05, 3.63) is 0 Å². The molecule has 0 bridgehead atoms. The van der Waals surface area contributed by atoms with Gasteiger partial charge in [0.2, 0.25) is 0 Å². The molecule has 2 atom stereocenters. The van der Waals surface area contributed by atoms with Gasteiger partial charge in [0.1, 0.15) is 6.10 Å². The van der Waals surface area contributed by atoms with E-state index >= 15 is 0 Å². The van der Waals surface area contributed by atoms with Crippen molar-refractivity contribution in [2.75, 3.05) is 13.2 Å². The Morgan fingerprint density at radius 3 is 2.91 bits per heavy atom. The van der Waals surface area contributed by atoms with Crippen LogP contribution in [0.3, 0.4) is 0 Å². The van der Waals surface area contributed by atoms with Crippen molar-refractivity contribution in [2.45, 2.75) is 25.0 Å². The number of amides is 1. The lowest BCUT2D eigenvalue weighted by atomic mass is 10.2. The molecule has 0 aliphatic carbocycles. The fourth-order valence-corrected chi connectivity index (χ4v) is 1.69. The summed E-state index contributed by atoms with van der Waals surface area (Å²) in [4.78, 5) is 12.1. The normalized spacial score (nSPS) is 35.8. The average molecular weight is 157 g/mol. The summed E-state index contributed by atoms with van der Waals surface area (Å²) in [6.07, 6.45) is 1.35. The molecule has 62 valence electrons. The first-order valence-electron chi connectivity index (χ1n) is 3.90. The van der Waals surface area contributed by atoms with Crippen molar-refractivity contribution >= 4 is 6.09 Å². The molecule has 2 aliphatic heterocycles. The molecular weight excluding hydrogens is 146 g/mol. The number of carboxylic acid groups (broad SMARTS) is 1. The lowest BCUT2D eigenvalue weighted by Gasteiger charge is -2.18. The van der Waals surface area contributed by atoms with E-state index in [2.05, 4.69) is 0 Å². The number of likely N-dealkylation sites (tertiary alicyclic amines) is 1. The fraction of sp³-hybridized carbons (Fsp3) is 0.857. The van der Waals surface area contributed by atoms with Gasteiger partial charge in [-0.05, 0) is 12.8 Å². The quantitative estimate of drug-likeness (QED) is 0.565. The van der Waals surface area contributed by atoms with Crippen molar-refractivity contribution in [1.82, 2.24) is 4.90 Å². The molecule has 1 N–H and O–H groups in total. The Bertz CT molecular complexity index is 179. The molecule has 2 aliphatic rings. The Morgan fingerprint density at radius 1 is 1.64 bits per heavy atom. The second kappa shape index (κ2) is 2.37. The van der Waals surface area contributed by atoms with Crippen LogP contribution in [0.4, 0.5) is 4.79 Å². The maximum Gasteiger partial charge on any atom is 0.407 e. The first-order chi connectivity index (χ1) is 5.29. The van der Waals surface area contributed by atoms with E-state index in [-0.39, 0.29) is 12.1 Å². The Balaban J connectivity index is 2.01. The van der Waals surface area contributed by atoms with Crippen molar-refractivity contribution in [3.63, 3.8) is 0 Å². The van der Waals surface area contributed by atoms with Crippen LogP contribution in [0.1, 0.15) is 12.8 Å². The predicted octanol–water partition coefficient (Wildman–Crippen LogP) is 0.528. The van der Waals surface area contributed by atoms with Gasteiger partial charge in [-0.3, -0.25) is 0 Å². The number of epoxide rings is 1. The molecule has 2 rings (SSSR count).